The summed E-state index contributed by atoms with van der Waals surface area (Å²) in [6, 6.07) is 6.89. The van der Waals surface area contributed by atoms with Crippen LogP contribution in [-0.2, 0) is 9.59 Å². The summed E-state index contributed by atoms with van der Waals surface area (Å²) in [4.78, 5) is 34.7. The Kier molecular flexibility index (Phi) is 4.09. The molecule has 0 radical (unpaired) electrons. The lowest BCUT2D eigenvalue weighted by Gasteiger charge is -2.12. The van der Waals surface area contributed by atoms with Crippen LogP contribution < -0.4 is 9.84 Å². The van der Waals surface area contributed by atoms with Crippen LogP contribution in [0.15, 0.2) is 29.2 Å². The van der Waals surface area contributed by atoms with Crippen LogP contribution >= 0.6 is 11.8 Å². The Bertz CT molecular complexity index is 593. The quantitative estimate of drug-likeness (QED) is 0.750. The Balaban J connectivity index is 2.20. The lowest BCUT2D eigenvalue weighted by molar-refractivity contribution is -0.305. The normalized spacial score (nSPS) is 16.9. The van der Waals surface area contributed by atoms with Gasteiger partial charge in [-0.05, 0) is 35.5 Å². The van der Waals surface area contributed by atoms with Crippen LogP contribution in [0.1, 0.15) is 5.56 Å². The molecule has 1 aromatic rings. The monoisotopic (exact) mass is 292 g/mol. The molecule has 0 spiro atoms. The van der Waals surface area contributed by atoms with Crippen molar-refractivity contribution in [2.75, 3.05) is 13.7 Å². The number of carboxylic acid groups (broad SMARTS) is 1. The van der Waals surface area contributed by atoms with E-state index in [-0.39, 0.29) is 4.91 Å². The molecule has 1 aromatic carbocycles. The maximum absolute atomic E-state index is 11.9. The number of hydrogen-bond donors (Lipinski definition) is 0. The number of nitrogens with zero attached hydrogens (tertiary/aromatic N) is 1. The van der Waals surface area contributed by atoms with E-state index in [1.54, 1.807) is 31.4 Å². The van der Waals surface area contributed by atoms with Crippen molar-refractivity contribution in [3.8, 4) is 5.75 Å². The van der Waals surface area contributed by atoms with E-state index in [1.165, 1.54) is 6.08 Å². The van der Waals surface area contributed by atoms with Crippen molar-refractivity contribution >= 4 is 35.0 Å². The summed E-state index contributed by atoms with van der Waals surface area (Å²) in [7, 11) is 1.54. The number of benzene rings is 1. The second kappa shape index (κ2) is 5.79. The Labute approximate surface area is 119 Å². The van der Waals surface area contributed by atoms with Gasteiger partial charge < -0.3 is 14.6 Å². The summed E-state index contributed by atoms with van der Waals surface area (Å²) in [5.74, 6) is -1.43. The molecule has 2 amide bonds. The average molecular weight is 292 g/mol. The number of rotatable bonds is 4. The highest BCUT2D eigenvalue weighted by atomic mass is 32.2. The molecule has 6 nitrogen and oxygen atoms in total. The summed E-state index contributed by atoms with van der Waals surface area (Å²) < 4.78 is 5.01. The van der Waals surface area contributed by atoms with Gasteiger partial charge in [0.15, 0.2) is 0 Å². The first-order valence-corrected chi connectivity index (χ1v) is 6.42. The van der Waals surface area contributed by atoms with E-state index in [0.717, 1.165) is 0 Å². The van der Waals surface area contributed by atoms with Gasteiger partial charge in [0.2, 0.25) is 0 Å². The van der Waals surface area contributed by atoms with Gasteiger partial charge in [-0.15, -0.1) is 0 Å². The third kappa shape index (κ3) is 3.00. The average Bonchev–Trinajstić information content (AvgIpc) is 2.67. The fourth-order valence-electron chi connectivity index (χ4n) is 1.62. The van der Waals surface area contributed by atoms with E-state index in [4.69, 9.17) is 4.74 Å². The zero-order valence-corrected chi connectivity index (χ0v) is 11.3. The van der Waals surface area contributed by atoms with Crippen LogP contribution in [0.3, 0.4) is 0 Å². The number of amides is 2. The van der Waals surface area contributed by atoms with Gasteiger partial charge in [-0.2, -0.15) is 0 Å². The molecule has 2 rings (SSSR count). The topological polar surface area (TPSA) is 86.7 Å². The van der Waals surface area contributed by atoms with E-state index in [2.05, 4.69) is 0 Å². The molecule has 1 aliphatic heterocycles. The number of methoxy groups -OCH3 is 1. The summed E-state index contributed by atoms with van der Waals surface area (Å²) in [5.41, 5.74) is 0.713. The van der Waals surface area contributed by atoms with Gasteiger partial charge in [-0.3, -0.25) is 14.5 Å². The van der Waals surface area contributed by atoms with Gasteiger partial charge in [-0.25, -0.2) is 0 Å². The molecule has 1 saturated heterocycles. The van der Waals surface area contributed by atoms with Gasteiger partial charge in [-0.1, -0.05) is 12.1 Å². The van der Waals surface area contributed by atoms with Crippen molar-refractivity contribution in [1.29, 1.82) is 0 Å². The SMILES string of the molecule is COc1ccc(/C=C2\SC(=O)N(CC(=O)[O-])C2=O)cc1. The first-order valence-electron chi connectivity index (χ1n) is 5.60. The molecule has 0 N–H and O–H groups in total. The smallest absolute Gasteiger partial charge is 0.293 e. The molecule has 7 heteroatoms. The molecule has 0 saturated carbocycles. The third-order valence-electron chi connectivity index (χ3n) is 2.57. The minimum atomic E-state index is -1.47. The number of carbonyl (C=O) groups is 3. The number of thioether (sulfide) groups is 1. The van der Waals surface area contributed by atoms with Crippen LogP contribution in [0.25, 0.3) is 6.08 Å². The standard InChI is InChI=1S/C13H11NO5S/c1-19-9-4-2-8(3-5-9)6-10-12(17)14(7-11(15)16)13(18)20-10/h2-6H,7H2,1H3,(H,15,16)/p-1/b10-6-. The van der Waals surface area contributed by atoms with Crippen molar-refractivity contribution < 1.29 is 24.2 Å². The summed E-state index contributed by atoms with van der Waals surface area (Å²) >= 11 is 0.705. The zero-order chi connectivity index (χ0) is 14.7. The predicted octanol–water partition coefficient (Wildman–Crippen LogP) is 0.481. The highest BCUT2D eigenvalue weighted by Crippen LogP contribution is 2.32. The van der Waals surface area contributed by atoms with Gasteiger partial charge in [0, 0.05) is 0 Å². The zero-order valence-electron chi connectivity index (χ0n) is 10.5. The Morgan fingerprint density at radius 3 is 2.55 bits per heavy atom. The van der Waals surface area contributed by atoms with Gasteiger partial charge >= 0.3 is 0 Å². The van der Waals surface area contributed by atoms with Crippen LogP contribution in [-0.4, -0.2) is 35.7 Å². The molecule has 0 aromatic heterocycles. The largest absolute Gasteiger partial charge is 0.548 e. The van der Waals surface area contributed by atoms with E-state index in [0.29, 0.717) is 28.0 Å². The molecule has 1 aliphatic rings. The first-order chi connectivity index (χ1) is 9.51. The molecular formula is C13H10NO5S-. The molecule has 0 unspecified atom stereocenters. The second-order valence-electron chi connectivity index (χ2n) is 3.91. The number of ether oxygens (including phenoxy) is 1. The Morgan fingerprint density at radius 2 is 2.00 bits per heavy atom. The number of hydrogen-bond acceptors (Lipinski definition) is 6. The van der Waals surface area contributed by atoms with Crippen molar-refractivity contribution in [2.45, 2.75) is 0 Å². The fourth-order valence-corrected chi connectivity index (χ4v) is 2.46. The summed E-state index contributed by atoms with van der Waals surface area (Å²) in [5, 5.41) is 9.87. The van der Waals surface area contributed by atoms with Crippen LogP contribution in [0.4, 0.5) is 4.79 Å². The molecular weight excluding hydrogens is 282 g/mol. The van der Waals surface area contributed by atoms with Crippen molar-refractivity contribution in [3.63, 3.8) is 0 Å². The van der Waals surface area contributed by atoms with Crippen LogP contribution in [0.5, 0.6) is 5.75 Å². The van der Waals surface area contributed by atoms with Crippen molar-refractivity contribution in [2.24, 2.45) is 0 Å². The number of imide groups is 1. The molecule has 0 aliphatic carbocycles. The highest BCUT2D eigenvalue weighted by Gasteiger charge is 2.34. The van der Waals surface area contributed by atoms with Crippen LogP contribution in [0.2, 0.25) is 0 Å². The maximum atomic E-state index is 11.9. The summed E-state index contributed by atoms with van der Waals surface area (Å²) in [6.07, 6.45) is 1.53. The van der Waals surface area contributed by atoms with E-state index >= 15 is 0 Å². The maximum Gasteiger partial charge on any atom is 0.293 e. The molecule has 1 heterocycles. The first kappa shape index (κ1) is 14.1. The number of carboxylic acids is 1. The minimum absolute atomic E-state index is 0.182. The van der Waals surface area contributed by atoms with Crippen molar-refractivity contribution in [1.82, 2.24) is 4.90 Å². The lowest BCUT2D eigenvalue weighted by Crippen LogP contribution is -2.40. The van der Waals surface area contributed by atoms with Crippen LogP contribution in [0, 0.1) is 0 Å². The molecule has 0 bridgehead atoms. The predicted molar refractivity (Wildman–Crippen MR) is 70.7 cm³/mol. The fraction of sp³-hybridized carbons (Fsp3) is 0.154. The third-order valence-corrected chi connectivity index (χ3v) is 3.48. The summed E-state index contributed by atoms with van der Waals surface area (Å²) in [6.45, 7) is -0.732. The Hall–Kier alpha value is -2.28. The number of carbonyl (C=O) groups excluding carboxylic acids is 3. The molecule has 0 atom stereocenters. The highest BCUT2D eigenvalue weighted by molar-refractivity contribution is 8.18. The molecule has 20 heavy (non-hydrogen) atoms. The van der Waals surface area contributed by atoms with E-state index in [9.17, 15) is 19.5 Å². The van der Waals surface area contributed by atoms with E-state index in [1.807, 2.05) is 0 Å². The second-order valence-corrected chi connectivity index (χ2v) is 4.91. The lowest BCUT2D eigenvalue weighted by atomic mass is 10.2. The van der Waals surface area contributed by atoms with Gasteiger partial charge in [0.25, 0.3) is 11.1 Å². The van der Waals surface area contributed by atoms with Crippen molar-refractivity contribution in [3.05, 3.63) is 34.7 Å². The van der Waals surface area contributed by atoms with Gasteiger partial charge in [0.05, 0.1) is 24.5 Å². The number of aliphatic carboxylic acids is 1. The van der Waals surface area contributed by atoms with E-state index < -0.39 is 23.7 Å². The molecule has 104 valence electrons. The Morgan fingerprint density at radius 1 is 1.35 bits per heavy atom. The minimum Gasteiger partial charge on any atom is -0.548 e. The van der Waals surface area contributed by atoms with Gasteiger partial charge in [0.1, 0.15) is 5.75 Å². The molecule has 1 fully saturated rings.